The minimum Gasteiger partial charge on any atom is -0.469 e. The second-order valence-corrected chi connectivity index (χ2v) is 7.21. The Morgan fingerprint density at radius 3 is 1.67 bits per heavy atom. The van der Waals surface area contributed by atoms with Gasteiger partial charge in [0.25, 0.3) is 0 Å². The van der Waals surface area contributed by atoms with Crippen molar-refractivity contribution in [3.8, 4) is 0 Å². The van der Waals surface area contributed by atoms with Gasteiger partial charge in [-0.3, -0.25) is 4.79 Å². The van der Waals surface area contributed by atoms with Gasteiger partial charge in [0, 0.05) is 5.69 Å². The Bertz CT molecular complexity index is 1020. The van der Waals surface area contributed by atoms with Gasteiger partial charge in [-0.25, -0.2) is 4.98 Å². The Kier molecular flexibility index (Phi) is 5.48. The molecule has 150 valence electrons. The first kappa shape index (κ1) is 19.6. The SMILES string of the molecule is COC(=O)Cc1ncn(C(c2ccccc2)(c2ccccc2)c2ccccc2)c1C. The van der Waals surface area contributed by atoms with E-state index < -0.39 is 5.54 Å². The lowest BCUT2D eigenvalue weighted by Gasteiger charge is -2.38. The Labute approximate surface area is 176 Å². The van der Waals surface area contributed by atoms with Crippen molar-refractivity contribution in [2.24, 2.45) is 0 Å². The fourth-order valence-corrected chi connectivity index (χ4v) is 4.12. The van der Waals surface area contributed by atoms with E-state index in [2.05, 4.69) is 82.3 Å². The summed E-state index contributed by atoms with van der Waals surface area (Å²) in [4.78, 5) is 16.5. The van der Waals surface area contributed by atoms with Crippen LogP contribution in [0, 0.1) is 6.92 Å². The molecule has 30 heavy (non-hydrogen) atoms. The maximum atomic E-state index is 11.9. The molecule has 0 N–H and O–H groups in total. The van der Waals surface area contributed by atoms with Gasteiger partial charge in [0.05, 0.1) is 25.6 Å². The average molecular weight is 396 g/mol. The van der Waals surface area contributed by atoms with Crippen LogP contribution in [0.25, 0.3) is 0 Å². The Hall–Kier alpha value is -3.66. The van der Waals surface area contributed by atoms with Crippen LogP contribution in [-0.2, 0) is 21.5 Å². The van der Waals surface area contributed by atoms with E-state index in [0.29, 0.717) is 5.69 Å². The number of carbonyl (C=O) groups excluding carboxylic acids is 1. The van der Waals surface area contributed by atoms with E-state index in [0.717, 1.165) is 22.4 Å². The number of methoxy groups -OCH3 is 1. The number of esters is 1. The van der Waals surface area contributed by atoms with Gasteiger partial charge < -0.3 is 9.30 Å². The Morgan fingerprint density at radius 1 is 0.833 bits per heavy atom. The van der Waals surface area contributed by atoms with Crippen LogP contribution in [0.4, 0.5) is 0 Å². The van der Waals surface area contributed by atoms with Crippen molar-refractivity contribution in [2.45, 2.75) is 18.9 Å². The summed E-state index contributed by atoms with van der Waals surface area (Å²) in [5.41, 5.74) is 4.37. The van der Waals surface area contributed by atoms with Crippen LogP contribution in [0.2, 0.25) is 0 Å². The highest BCUT2D eigenvalue weighted by molar-refractivity contribution is 5.72. The van der Waals surface area contributed by atoms with Crippen molar-refractivity contribution < 1.29 is 9.53 Å². The van der Waals surface area contributed by atoms with Crippen LogP contribution in [-0.4, -0.2) is 22.6 Å². The molecule has 0 spiro atoms. The molecule has 0 amide bonds. The molecule has 0 fully saturated rings. The standard InChI is InChI=1S/C26H24N2O2/c1-20-24(18-25(29)30-2)27-19-28(20)26(21-12-6-3-7-13-21,22-14-8-4-9-15-22)23-16-10-5-11-17-23/h3-17,19H,18H2,1-2H3. The number of aromatic nitrogens is 2. The third-order valence-corrected chi connectivity index (χ3v) is 5.58. The number of carbonyl (C=O) groups is 1. The van der Waals surface area contributed by atoms with E-state index in [9.17, 15) is 4.79 Å². The van der Waals surface area contributed by atoms with Crippen molar-refractivity contribution >= 4 is 5.97 Å². The molecular weight excluding hydrogens is 372 g/mol. The van der Waals surface area contributed by atoms with E-state index in [4.69, 9.17) is 4.74 Å². The summed E-state index contributed by atoms with van der Waals surface area (Å²) in [6.07, 6.45) is 1.98. The number of benzene rings is 3. The smallest absolute Gasteiger partial charge is 0.311 e. The van der Waals surface area contributed by atoms with E-state index in [-0.39, 0.29) is 12.4 Å². The molecule has 0 unspecified atom stereocenters. The predicted molar refractivity (Wildman–Crippen MR) is 117 cm³/mol. The fraction of sp³-hybridized carbons (Fsp3) is 0.154. The van der Waals surface area contributed by atoms with Crippen molar-refractivity contribution in [3.63, 3.8) is 0 Å². The van der Waals surface area contributed by atoms with E-state index in [1.807, 2.05) is 31.5 Å². The van der Waals surface area contributed by atoms with Gasteiger partial charge in [-0.15, -0.1) is 0 Å². The maximum absolute atomic E-state index is 11.9. The first-order valence-electron chi connectivity index (χ1n) is 9.94. The highest BCUT2D eigenvalue weighted by atomic mass is 16.5. The molecule has 0 saturated heterocycles. The van der Waals surface area contributed by atoms with Crippen LogP contribution in [0.3, 0.4) is 0 Å². The number of nitrogens with zero attached hydrogens (tertiary/aromatic N) is 2. The zero-order valence-electron chi connectivity index (χ0n) is 17.2. The molecule has 4 nitrogen and oxygen atoms in total. The van der Waals surface area contributed by atoms with Gasteiger partial charge >= 0.3 is 5.97 Å². The summed E-state index contributed by atoms with van der Waals surface area (Å²) < 4.78 is 7.04. The summed E-state index contributed by atoms with van der Waals surface area (Å²) in [6, 6.07) is 31.2. The molecule has 1 aromatic heterocycles. The van der Waals surface area contributed by atoms with Crippen LogP contribution >= 0.6 is 0 Å². The number of imidazole rings is 1. The zero-order chi connectivity index (χ0) is 21.0. The van der Waals surface area contributed by atoms with Gasteiger partial charge in [0.15, 0.2) is 0 Å². The summed E-state index contributed by atoms with van der Waals surface area (Å²) in [5.74, 6) is -0.298. The number of hydrogen-bond acceptors (Lipinski definition) is 3. The summed E-state index contributed by atoms with van der Waals surface area (Å²) >= 11 is 0. The summed E-state index contributed by atoms with van der Waals surface area (Å²) in [6.45, 7) is 2.01. The Morgan fingerprint density at radius 2 is 1.27 bits per heavy atom. The highest BCUT2D eigenvalue weighted by Crippen LogP contribution is 2.41. The van der Waals surface area contributed by atoms with Gasteiger partial charge in [0.1, 0.15) is 5.54 Å². The molecule has 0 radical (unpaired) electrons. The topological polar surface area (TPSA) is 44.1 Å². The van der Waals surface area contributed by atoms with Crippen molar-refractivity contribution in [1.29, 1.82) is 0 Å². The minimum atomic E-state index is -0.630. The van der Waals surface area contributed by atoms with Crippen molar-refractivity contribution in [2.75, 3.05) is 7.11 Å². The third kappa shape index (κ3) is 3.30. The van der Waals surface area contributed by atoms with Crippen LogP contribution < -0.4 is 0 Å². The normalized spacial score (nSPS) is 11.3. The lowest BCUT2D eigenvalue weighted by molar-refractivity contribution is -0.139. The molecular formula is C26H24N2O2. The Balaban J connectivity index is 2.05. The molecule has 4 rings (SSSR count). The molecule has 0 saturated carbocycles. The molecule has 0 aliphatic carbocycles. The largest absolute Gasteiger partial charge is 0.469 e. The number of hydrogen-bond donors (Lipinski definition) is 0. The molecule has 0 aliphatic rings. The van der Waals surface area contributed by atoms with Gasteiger partial charge in [-0.2, -0.15) is 0 Å². The molecule has 0 aliphatic heterocycles. The maximum Gasteiger partial charge on any atom is 0.311 e. The molecule has 3 aromatic carbocycles. The van der Waals surface area contributed by atoms with Gasteiger partial charge in [-0.1, -0.05) is 91.0 Å². The quantitative estimate of drug-likeness (QED) is 0.349. The molecule has 4 heteroatoms. The van der Waals surface area contributed by atoms with Gasteiger partial charge in [-0.05, 0) is 23.6 Å². The first-order valence-corrected chi connectivity index (χ1v) is 9.94. The summed E-state index contributed by atoms with van der Waals surface area (Å²) in [7, 11) is 1.40. The van der Waals surface area contributed by atoms with E-state index >= 15 is 0 Å². The van der Waals surface area contributed by atoms with Crippen LogP contribution in [0.5, 0.6) is 0 Å². The lowest BCUT2D eigenvalue weighted by Crippen LogP contribution is -2.38. The molecule has 0 atom stereocenters. The van der Waals surface area contributed by atoms with E-state index in [1.165, 1.54) is 7.11 Å². The second kappa shape index (κ2) is 8.37. The molecule has 1 heterocycles. The zero-order valence-corrected chi connectivity index (χ0v) is 17.2. The van der Waals surface area contributed by atoms with Crippen LogP contribution in [0.1, 0.15) is 28.1 Å². The lowest BCUT2D eigenvalue weighted by atomic mass is 9.76. The third-order valence-electron chi connectivity index (χ3n) is 5.58. The number of ether oxygens (including phenoxy) is 1. The van der Waals surface area contributed by atoms with Crippen molar-refractivity contribution in [1.82, 2.24) is 9.55 Å². The monoisotopic (exact) mass is 396 g/mol. The molecule has 4 aromatic rings. The van der Waals surface area contributed by atoms with Gasteiger partial charge in [0.2, 0.25) is 0 Å². The predicted octanol–water partition coefficient (Wildman–Crippen LogP) is 4.75. The fourth-order valence-electron chi connectivity index (χ4n) is 4.12. The summed E-state index contributed by atoms with van der Waals surface area (Å²) in [5, 5.41) is 0. The van der Waals surface area contributed by atoms with E-state index in [1.54, 1.807) is 0 Å². The minimum absolute atomic E-state index is 0.143. The second-order valence-electron chi connectivity index (χ2n) is 7.21. The molecule has 0 bridgehead atoms. The van der Waals surface area contributed by atoms with Crippen molar-refractivity contribution in [3.05, 3.63) is 125 Å². The van der Waals surface area contributed by atoms with Crippen LogP contribution in [0.15, 0.2) is 97.3 Å². The number of rotatable bonds is 6. The average Bonchev–Trinajstić information content (AvgIpc) is 3.17. The first-order chi connectivity index (χ1) is 14.7. The highest BCUT2D eigenvalue weighted by Gasteiger charge is 2.39.